The molecule has 12 heterocycles. The van der Waals surface area contributed by atoms with E-state index in [9.17, 15) is 0 Å². The van der Waals surface area contributed by atoms with Crippen molar-refractivity contribution in [2.75, 3.05) is 114 Å². The number of rotatable bonds is 18. The van der Waals surface area contributed by atoms with E-state index >= 15 is 0 Å². The van der Waals surface area contributed by atoms with Crippen LogP contribution in [0.2, 0.25) is 0 Å². The molecule has 12 aliphatic heterocycles. The van der Waals surface area contributed by atoms with Gasteiger partial charge in [0.15, 0.2) is 0 Å². The van der Waals surface area contributed by atoms with Gasteiger partial charge in [-0.2, -0.15) is 0 Å². The molecular weight excluding hydrogens is 1740 g/mol. The third kappa shape index (κ3) is 23.0. The SMILES string of the molecule is C.C.C.CCN1C=CN(c2cccc(N3C=CN(CC)[C@@H]3C)c2C)[C@@H]1C.Cc1c(N2C=CN(C(C)C)[C@@H]2C)cccc1N1C=CN(C(C)C)[C@H]1C.Cc1c(N2C=CN(C)[C@H]2C)cccc1N1C=CN(C)[C@@H]1C.[2H]C.[2H]C.[2H]C([2H])([2H])C([2H])(C)N1C=CN(c2cccc(N3C=CN(C([2H])(C([2H])([2H])[2H])C([2H])([2H])[2H])[C@@H]3C)c2C)[C@@H]1C.[2H]C([2H])([2H])N1C=CN(c2cccc(N3C=CN(C)[C@H]3C)c2C)[C@H]1C.[2H]CN1C=CN(c2cccc(N3C=CN(C)[C@@H]3C)c2C)[C@@H]1C. The van der Waals surface area contributed by atoms with Gasteiger partial charge in [0.2, 0.25) is 0 Å². The van der Waals surface area contributed by atoms with E-state index in [2.05, 4.69) is 434 Å². The number of anilines is 12. The zero-order valence-electron chi connectivity index (χ0n) is 105. The molecule has 0 amide bonds. The number of hydrogen-bond acceptors (Lipinski definition) is 24. The van der Waals surface area contributed by atoms with Crippen LogP contribution in [0.4, 0.5) is 68.2 Å². The van der Waals surface area contributed by atoms with E-state index in [4.69, 9.17) is 23.3 Å². The molecule has 12 aliphatic rings. The third-order valence-corrected chi connectivity index (χ3v) is 29.3. The highest BCUT2D eigenvalue weighted by Gasteiger charge is 2.37. The predicted molar refractivity (Wildman–Crippen MR) is 613 cm³/mol. The number of nitrogens with zero attached hydrogens (tertiary/aromatic N) is 24. The van der Waals surface area contributed by atoms with Gasteiger partial charge in [0.25, 0.3) is 0 Å². The summed E-state index contributed by atoms with van der Waals surface area (Å²) in [5.41, 5.74) is 20.8. The van der Waals surface area contributed by atoms with E-state index in [1.165, 1.54) is 105 Å². The van der Waals surface area contributed by atoms with Crippen molar-refractivity contribution in [3.63, 3.8) is 0 Å². The summed E-state index contributed by atoms with van der Waals surface area (Å²) in [6.45, 7) is 44.0. The van der Waals surface area contributed by atoms with E-state index in [1.54, 1.807) is 55.7 Å². The second-order valence-electron chi connectivity index (χ2n) is 37.6. The molecule has 0 bridgehead atoms. The second-order valence-corrected chi connectivity index (χ2v) is 37.6. The predicted octanol–water partition coefficient (Wildman–Crippen LogP) is 25.9. The van der Waals surface area contributed by atoms with Crippen molar-refractivity contribution in [2.45, 2.75) is 329 Å². The fourth-order valence-electron chi connectivity index (χ4n) is 19.9. The highest BCUT2D eigenvalue weighted by Crippen LogP contribution is 2.44. The van der Waals surface area contributed by atoms with Crippen molar-refractivity contribution in [1.29, 1.82) is 0 Å². The minimum absolute atomic E-state index is 0. The Labute approximate surface area is 880 Å². The zero-order chi connectivity index (χ0) is 115. The molecular formula is C117H184N24. The van der Waals surface area contributed by atoms with Crippen molar-refractivity contribution in [2.24, 2.45) is 0 Å². The quantitative estimate of drug-likeness (QED) is 0.0818. The first-order chi connectivity index (χ1) is 72.8. The maximum absolute atomic E-state index is 8.53. The van der Waals surface area contributed by atoms with Crippen molar-refractivity contribution in [3.05, 3.63) is 291 Å². The maximum atomic E-state index is 8.53. The van der Waals surface area contributed by atoms with Gasteiger partial charge in [-0.25, -0.2) is 0 Å². The summed E-state index contributed by atoms with van der Waals surface area (Å²) in [4.78, 5) is 50.7. The van der Waals surface area contributed by atoms with Gasteiger partial charge >= 0.3 is 0 Å². The molecule has 141 heavy (non-hydrogen) atoms. The lowest BCUT2D eigenvalue weighted by Gasteiger charge is -2.36. The Kier molecular flexibility index (Phi) is 30.7. The van der Waals surface area contributed by atoms with Gasteiger partial charge in [-0.15, -0.1) is 0 Å². The van der Waals surface area contributed by atoms with Crippen LogP contribution < -0.4 is 58.8 Å². The average molecular weight is 1940 g/mol. The normalized spacial score (nSPS) is 25.5. The first-order valence-corrected chi connectivity index (χ1v) is 48.4. The summed E-state index contributed by atoms with van der Waals surface area (Å²) < 4.78 is 129. The lowest BCUT2D eigenvalue weighted by atomic mass is 10.1. The van der Waals surface area contributed by atoms with Crippen LogP contribution in [0.25, 0.3) is 0 Å². The molecule has 772 valence electrons. The molecule has 0 spiro atoms. The standard InChI is InChI=1S/2C21H32N4.C19H28N4.3C17H24N4.5CH4/c2*1-15(2)22-11-13-24(18(22)6)20-9-8-10-21(17(20)5)25-14-12-23(16(3)4)19(25)7;1-6-20-11-13-22(16(20)4)18-9-8-10-19(15(18)3)23-14-12-21(7-2)17(23)5;3*1-13-16(20-11-9-18(4)14(20)2)7-6-8-17(13)21-12-10-19(5)15(21)3;;;;;/h2*8-16,18-19H,1-7H3;8-14,16-17H,6-7H2,1-5H3;3*6-12,14-15H,1-5H3;5*1H4/t2*18-,19+;16-,17+;3*14-,15+;;;;;/i1D3,2D3,3D3,15D,16D;;;4D3;4D;;2*1D;;;/t16?,18-,19+;;;2m;;;;;;/m0..01....../s1. The fourth-order valence-corrected chi connectivity index (χ4v) is 19.9. The summed E-state index contributed by atoms with van der Waals surface area (Å²) in [6.07, 6.45) is 49.7. The lowest BCUT2D eigenvalue weighted by Crippen LogP contribution is -2.41. The van der Waals surface area contributed by atoms with E-state index in [1.807, 2.05) is 59.1 Å². The van der Waals surface area contributed by atoms with Crippen LogP contribution in [-0.4, -0.2) is 212 Å². The minimum atomic E-state index is -3.10. The highest BCUT2D eigenvalue weighted by atomic mass is 15.5. The Morgan fingerprint density at radius 2 is 0.411 bits per heavy atom. The van der Waals surface area contributed by atoms with Crippen LogP contribution in [0.3, 0.4) is 0 Å². The first-order valence-electron chi connectivity index (χ1n) is 58.1. The summed E-state index contributed by atoms with van der Waals surface area (Å²) in [7, 11) is 11.2. The third-order valence-electron chi connectivity index (χ3n) is 29.3. The van der Waals surface area contributed by atoms with Gasteiger partial charge in [-0.1, -0.05) is 73.5 Å². The molecule has 0 aliphatic carbocycles. The summed E-state index contributed by atoms with van der Waals surface area (Å²) in [5.74, 6) is 0. The summed E-state index contributed by atoms with van der Waals surface area (Å²) >= 11 is 0. The molecule has 0 aromatic heterocycles. The van der Waals surface area contributed by atoms with Crippen LogP contribution in [0.5, 0.6) is 0 Å². The Hall–Kier alpha value is -12.6. The number of hydrogen-bond donors (Lipinski definition) is 0. The van der Waals surface area contributed by atoms with Gasteiger partial charge in [-0.05, 0) is 300 Å². The van der Waals surface area contributed by atoms with Crippen LogP contribution in [0.15, 0.2) is 258 Å². The van der Waals surface area contributed by atoms with Gasteiger partial charge in [0.1, 0.15) is 74.0 Å². The Morgan fingerprint density at radius 1 is 0.234 bits per heavy atom. The summed E-state index contributed by atoms with van der Waals surface area (Å²) in [5, 5.41) is 0. The fraction of sp³-hybridized carbons (Fsp3) is 0.487. The molecule has 0 saturated heterocycles. The van der Waals surface area contributed by atoms with Crippen LogP contribution in [-0.2, 0) is 0 Å². The van der Waals surface area contributed by atoms with Gasteiger partial charge in [0.05, 0.1) is 2.74 Å². The molecule has 18 rings (SSSR count). The monoisotopic (exact) mass is 1940 g/mol. The molecule has 6 aromatic rings. The van der Waals surface area contributed by atoms with Crippen molar-refractivity contribution >= 4 is 68.2 Å². The van der Waals surface area contributed by atoms with Crippen molar-refractivity contribution in [3.8, 4) is 0 Å². The van der Waals surface area contributed by atoms with Crippen molar-refractivity contribution < 1.29 is 23.3 Å². The first kappa shape index (κ1) is 89.7. The number of benzene rings is 6. The average Bonchev–Trinajstić information content (AvgIpc) is 1.47. The largest absolute Gasteiger partial charge is 0.359 e. The zero-order valence-corrected chi connectivity index (χ0v) is 88.2. The Morgan fingerprint density at radius 3 is 0.596 bits per heavy atom. The topological polar surface area (TPSA) is 77.8 Å². The van der Waals surface area contributed by atoms with Crippen molar-refractivity contribution in [1.82, 2.24) is 58.8 Å². The molecule has 0 N–H and O–H groups in total. The second kappa shape index (κ2) is 48.2. The van der Waals surface area contributed by atoms with Crippen LogP contribution in [0, 0.1) is 41.5 Å². The van der Waals surface area contributed by atoms with Gasteiger partial charge in [-0.3, -0.25) is 0 Å². The molecule has 0 saturated carbocycles. The van der Waals surface area contributed by atoms with Gasteiger partial charge < -0.3 is 118 Å². The van der Waals surface area contributed by atoms with E-state index in [0.29, 0.717) is 60.9 Å². The summed E-state index contributed by atoms with van der Waals surface area (Å²) in [6, 6.07) is 34.1. The molecule has 13 atom stereocenters. The molecule has 6 aromatic carbocycles. The van der Waals surface area contributed by atoms with E-state index < -0.39 is 51.9 Å². The van der Waals surface area contributed by atoms with Gasteiger partial charge in [0, 0.05) is 317 Å². The molecule has 1 unspecified atom stereocenters. The smallest absolute Gasteiger partial charge is 0.103 e. The van der Waals surface area contributed by atoms with E-state index in [-0.39, 0.29) is 47.8 Å². The lowest BCUT2D eigenvalue weighted by molar-refractivity contribution is 0.262. The van der Waals surface area contributed by atoms with E-state index in [0.717, 1.165) is 46.2 Å². The molecule has 0 radical (unpaired) electrons. The maximum Gasteiger partial charge on any atom is 0.103 e. The molecule has 0 fully saturated rings. The molecule has 24 heteroatoms. The minimum Gasteiger partial charge on any atom is -0.359 e. The highest BCUT2D eigenvalue weighted by molar-refractivity contribution is 5.77. The van der Waals surface area contributed by atoms with Crippen LogP contribution >= 0.6 is 0 Å². The Bertz CT molecular complexity index is 5940. The Balaban J connectivity index is 0.000000229. The molecule has 24 nitrogen and oxygen atoms in total. The van der Waals surface area contributed by atoms with Crippen LogP contribution in [0.1, 0.15) is 246 Å².